The van der Waals surface area contributed by atoms with Crippen molar-refractivity contribution in [3.63, 3.8) is 0 Å². The number of nitrogens with zero attached hydrogens (tertiary/aromatic N) is 3. The fourth-order valence-corrected chi connectivity index (χ4v) is 7.27. The molecule has 12 heteroatoms. The van der Waals surface area contributed by atoms with Gasteiger partial charge in [0.05, 0.1) is 11.3 Å². The van der Waals surface area contributed by atoms with E-state index in [-0.39, 0.29) is 18.0 Å². The number of primary amides is 1. The molecule has 10 nitrogen and oxygen atoms in total. The van der Waals surface area contributed by atoms with Crippen LogP contribution in [0, 0.1) is 0 Å². The fraction of sp³-hybridized carbons (Fsp3) is 0.375. The Bertz CT molecular complexity index is 1470. The highest BCUT2D eigenvalue weighted by Crippen LogP contribution is 2.31. The van der Waals surface area contributed by atoms with Crippen LogP contribution in [0.25, 0.3) is 0 Å². The quantitative estimate of drug-likeness (QED) is 0.243. The number of nitrogens with two attached hydrogens (primary N) is 2. The number of carbonyl (C=O) groups excluding carboxylic acids is 3. The van der Waals surface area contributed by atoms with Crippen LogP contribution in [0.2, 0.25) is 0 Å². The Kier molecular flexibility index (Phi) is 10.4. The third-order valence-electron chi connectivity index (χ3n) is 8.49. The zero-order valence-corrected chi connectivity index (χ0v) is 27.5. The normalized spacial score (nSPS) is 16.8. The highest BCUT2D eigenvalue weighted by molar-refractivity contribution is 9.11. The minimum Gasteiger partial charge on any atom is -0.397 e. The van der Waals surface area contributed by atoms with Crippen LogP contribution >= 0.6 is 31.9 Å². The van der Waals surface area contributed by atoms with Gasteiger partial charge in [-0.15, -0.1) is 0 Å². The number of benzene rings is 2. The van der Waals surface area contributed by atoms with Gasteiger partial charge in [0, 0.05) is 65.7 Å². The summed E-state index contributed by atoms with van der Waals surface area (Å²) in [4.78, 5) is 47.0. The number of nitrogens with one attached hydrogen (secondary N) is 2. The van der Waals surface area contributed by atoms with Gasteiger partial charge in [-0.25, -0.2) is 4.79 Å². The molecule has 5 rings (SSSR count). The van der Waals surface area contributed by atoms with Crippen LogP contribution in [-0.2, 0) is 11.2 Å². The average Bonchev–Trinajstić information content (AvgIpc) is 3.04. The van der Waals surface area contributed by atoms with Gasteiger partial charge in [0.15, 0.2) is 0 Å². The maximum atomic E-state index is 13.9. The van der Waals surface area contributed by atoms with Crippen molar-refractivity contribution >= 4 is 61.1 Å². The molecule has 2 aliphatic rings. The molecule has 44 heavy (non-hydrogen) atoms. The van der Waals surface area contributed by atoms with E-state index in [1.54, 1.807) is 29.4 Å². The van der Waals surface area contributed by atoms with E-state index in [0.29, 0.717) is 68.3 Å². The minimum atomic E-state index is -0.735. The van der Waals surface area contributed by atoms with Crippen molar-refractivity contribution in [1.82, 2.24) is 20.1 Å². The summed E-state index contributed by atoms with van der Waals surface area (Å²) in [5, 5.41) is 6.47. The molecular weight excluding hydrogens is 690 g/mol. The van der Waals surface area contributed by atoms with Gasteiger partial charge in [-0.05, 0) is 111 Å². The van der Waals surface area contributed by atoms with Crippen LogP contribution in [0.4, 0.5) is 16.2 Å². The summed E-state index contributed by atoms with van der Waals surface area (Å²) in [5.74, 6) is -0.193. The number of hydrogen-bond donors (Lipinski definition) is 4. The van der Waals surface area contributed by atoms with Crippen molar-refractivity contribution in [2.24, 2.45) is 5.73 Å². The topological polar surface area (TPSA) is 147 Å². The summed E-state index contributed by atoms with van der Waals surface area (Å²) >= 11 is 7.00. The first kappa shape index (κ1) is 31.8. The van der Waals surface area contributed by atoms with Gasteiger partial charge in [0.2, 0.25) is 5.91 Å². The molecule has 3 heterocycles. The Morgan fingerprint density at radius 3 is 2.16 bits per heavy atom. The summed E-state index contributed by atoms with van der Waals surface area (Å²) in [6.45, 7) is 2.27. The number of pyridine rings is 1. The molecule has 1 aromatic heterocycles. The smallest absolute Gasteiger partial charge is 0.318 e. The zero-order chi connectivity index (χ0) is 31.2. The maximum absolute atomic E-state index is 13.9. The lowest BCUT2D eigenvalue weighted by molar-refractivity contribution is -0.134. The van der Waals surface area contributed by atoms with Crippen molar-refractivity contribution in [1.29, 1.82) is 0 Å². The number of urea groups is 1. The van der Waals surface area contributed by atoms with Gasteiger partial charge in [-0.1, -0.05) is 12.1 Å². The predicted octanol–water partition coefficient (Wildman–Crippen LogP) is 4.89. The fourth-order valence-electron chi connectivity index (χ4n) is 5.99. The van der Waals surface area contributed by atoms with E-state index in [0.717, 1.165) is 27.4 Å². The number of carbonyl (C=O) groups is 3. The Balaban J connectivity index is 1.24. The zero-order valence-electron chi connectivity index (χ0n) is 24.3. The van der Waals surface area contributed by atoms with Gasteiger partial charge in [-0.2, -0.15) is 0 Å². The monoisotopic (exact) mass is 725 g/mol. The van der Waals surface area contributed by atoms with Crippen LogP contribution < -0.4 is 22.1 Å². The number of amides is 4. The summed E-state index contributed by atoms with van der Waals surface area (Å²) in [6, 6.07) is 14.1. The second kappa shape index (κ2) is 14.4. The van der Waals surface area contributed by atoms with Gasteiger partial charge in [-0.3, -0.25) is 14.6 Å². The number of para-hydroxylation sites is 1. The van der Waals surface area contributed by atoms with E-state index in [1.165, 1.54) is 5.56 Å². The average molecular weight is 728 g/mol. The second-order valence-corrected chi connectivity index (χ2v) is 13.1. The highest BCUT2D eigenvalue weighted by atomic mass is 79.9. The molecule has 0 spiro atoms. The van der Waals surface area contributed by atoms with E-state index in [9.17, 15) is 14.4 Å². The molecule has 2 saturated heterocycles. The van der Waals surface area contributed by atoms with Gasteiger partial charge in [0.25, 0.3) is 5.91 Å². The maximum Gasteiger partial charge on any atom is 0.318 e. The Morgan fingerprint density at radius 1 is 0.909 bits per heavy atom. The predicted molar refractivity (Wildman–Crippen MR) is 178 cm³/mol. The lowest BCUT2D eigenvalue weighted by Gasteiger charge is -2.36. The van der Waals surface area contributed by atoms with E-state index in [1.807, 2.05) is 41.3 Å². The van der Waals surface area contributed by atoms with Gasteiger partial charge in [0.1, 0.15) is 6.04 Å². The van der Waals surface area contributed by atoms with Crippen molar-refractivity contribution in [2.45, 2.75) is 50.1 Å². The molecule has 4 amide bonds. The van der Waals surface area contributed by atoms with Crippen molar-refractivity contribution < 1.29 is 14.4 Å². The summed E-state index contributed by atoms with van der Waals surface area (Å²) < 4.78 is 1.45. The molecule has 0 bridgehead atoms. The number of nitrogen functional groups attached to an aromatic ring is 1. The molecule has 0 aliphatic carbocycles. The van der Waals surface area contributed by atoms with Crippen molar-refractivity contribution in [2.75, 3.05) is 37.2 Å². The standard InChI is InChI=1S/C32H37Br2N7O3/c33-25-17-20(18-26(34)29(25)35)19-28(31(43)40-13-7-22(8-14-40)21-5-11-37-12-6-21)39-32(44)41-15-9-23(10-16-41)38-27-4-2-1-3-24(27)30(36)42/h1-6,11-12,17-18,22-23,28,38H,7-10,13-16,19,35H2,(H2,36,42)(H,39,44)/t28-/m1/s1. The highest BCUT2D eigenvalue weighted by Gasteiger charge is 2.32. The second-order valence-electron chi connectivity index (χ2n) is 11.4. The van der Waals surface area contributed by atoms with E-state index in [4.69, 9.17) is 11.5 Å². The number of hydrogen-bond acceptors (Lipinski definition) is 6. The molecule has 0 radical (unpaired) electrons. The third-order valence-corrected chi connectivity index (χ3v) is 9.81. The molecule has 2 aromatic carbocycles. The van der Waals surface area contributed by atoms with Crippen LogP contribution in [0.3, 0.4) is 0 Å². The van der Waals surface area contributed by atoms with Gasteiger partial charge >= 0.3 is 6.03 Å². The summed E-state index contributed by atoms with van der Waals surface area (Å²) in [5.41, 5.74) is 15.5. The molecule has 0 saturated carbocycles. The molecule has 1 atom stereocenters. The number of piperidine rings is 2. The summed E-state index contributed by atoms with van der Waals surface area (Å²) in [6.07, 6.45) is 7.04. The number of anilines is 2. The van der Waals surface area contributed by atoms with E-state index >= 15 is 0 Å². The van der Waals surface area contributed by atoms with Crippen LogP contribution in [0.5, 0.6) is 0 Å². The minimum absolute atomic E-state index is 0.0862. The van der Waals surface area contributed by atoms with E-state index in [2.05, 4.69) is 47.5 Å². The Labute approximate surface area is 274 Å². The van der Waals surface area contributed by atoms with Crippen LogP contribution in [-0.4, -0.2) is 70.9 Å². The third kappa shape index (κ3) is 7.71. The van der Waals surface area contributed by atoms with E-state index < -0.39 is 11.9 Å². The van der Waals surface area contributed by atoms with Crippen molar-refractivity contribution in [3.8, 4) is 0 Å². The molecule has 6 N–H and O–H groups in total. The largest absolute Gasteiger partial charge is 0.397 e. The molecule has 232 valence electrons. The molecule has 0 unspecified atom stereocenters. The number of likely N-dealkylation sites (tertiary alicyclic amines) is 2. The van der Waals surface area contributed by atoms with Crippen molar-refractivity contribution in [3.05, 3.63) is 86.6 Å². The number of halogens is 2. The van der Waals surface area contributed by atoms with Crippen LogP contribution in [0.1, 0.15) is 53.1 Å². The first-order chi connectivity index (χ1) is 21.2. The number of aromatic nitrogens is 1. The number of rotatable bonds is 8. The first-order valence-electron chi connectivity index (χ1n) is 14.8. The Hall–Kier alpha value is -3.64. The lowest BCUT2D eigenvalue weighted by Crippen LogP contribution is -2.55. The summed E-state index contributed by atoms with van der Waals surface area (Å²) in [7, 11) is 0. The van der Waals surface area contributed by atoms with Crippen LogP contribution in [0.15, 0.2) is 69.9 Å². The Morgan fingerprint density at radius 2 is 1.52 bits per heavy atom. The van der Waals surface area contributed by atoms with Gasteiger partial charge < -0.3 is 31.9 Å². The molecule has 3 aromatic rings. The molecule has 2 fully saturated rings. The SMILES string of the molecule is NC(=O)c1ccccc1NC1CCN(C(=O)N[C@H](Cc2cc(Br)c(N)c(Br)c2)C(=O)N2CCC(c3ccncc3)CC2)CC1. The lowest BCUT2D eigenvalue weighted by atomic mass is 9.89. The molecular formula is C32H37Br2N7O3. The first-order valence-corrected chi connectivity index (χ1v) is 16.4. The molecule has 2 aliphatic heterocycles.